The molecule has 0 spiro atoms. The Labute approximate surface area is 268 Å². The van der Waals surface area contributed by atoms with Crippen molar-refractivity contribution in [2.75, 3.05) is 26.2 Å². The number of non-ortho nitro benzene ring substituents is 1. The average Bonchev–Trinajstić information content (AvgIpc) is 3.59. The van der Waals surface area contributed by atoms with Gasteiger partial charge in [0.15, 0.2) is 8.32 Å². The third-order valence-electron chi connectivity index (χ3n) is 9.84. The molecule has 0 aliphatic carbocycles. The van der Waals surface area contributed by atoms with Crippen molar-refractivity contribution in [1.82, 2.24) is 15.1 Å². The Kier molecular flexibility index (Phi) is 10.8. The van der Waals surface area contributed by atoms with Crippen molar-refractivity contribution >= 4 is 43.7 Å². The number of esters is 2. The van der Waals surface area contributed by atoms with E-state index in [0.29, 0.717) is 25.1 Å². The van der Waals surface area contributed by atoms with Gasteiger partial charge >= 0.3 is 11.9 Å². The van der Waals surface area contributed by atoms with Gasteiger partial charge in [-0.1, -0.05) is 27.7 Å². The van der Waals surface area contributed by atoms with Gasteiger partial charge in [-0.2, -0.15) is 0 Å². The van der Waals surface area contributed by atoms with E-state index in [1.807, 2.05) is 18.7 Å². The number of fused-ring (bicyclic) bond motifs is 1. The molecule has 14 nitrogen and oxygen atoms in total. The summed E-state index contributed by atoms with van der Waals surface area (Å²) in [5.41, 5.74) is 5.51. The maximum atomic E-state index is 13.8. The first-order chi connectivity index (χ1) is 21.8. The molecule has 0 aromatic heterocycles. The molecule has 3 N–H and O–H groups in total. The Morgan fingerprint density at radius 3 is 2.30 bits per heavy atom. The number of hydrogen-bond donors (Lipinski definition) is 2. The first kappa shape index (κ1) is 34.9. The van der Waals surface area contributed by atoms with Gasteiger partial charge in [0, 0.05) is 31.1 Å². The number of nitrogens with two attached hydrogens (primary N) is 1. The van der Waals surface area contributed by atoms with Gasteiger partial charge in [-0.25, -0.2) is 9.59 Å². The molecule has 5 atom stereocenters. The zero-order valence-corrected chi connectivity index (χ0v) is 27.9. The summed E-state index contributed by atoms with van der Waals surface area (Å²) in [4.78, 5) is 77.9. The lowest BCUT2D eigenvalue weighted by Gasteiger charge is -2.49. The number of carbonyl (C=O) groups is 5. The van der Waals surface area contributed by atoms with Gasteiger partial charge in [-0.3, -0.25) is 29.4 Å². The Balaban J connectivity index is 1.58. The first-order valence-corrected chi connectivity index (χ1v) is 18.3. The second kappa shape index (κ2) is 14.2. The molecule has 3 aliphatic heterocycles. The Hall–Kier alpha value is -3.95. The van der Waals surface area contributed by atoms with E-state index in [9.17, 15) is 34.1 Å². The lowest BCUT2D eigenvalue weighted by atomic mass is 9.77. The summed E-state index contributed by atoms with van der Waals surface area (Å²) >= 11 is 0. The third kappa shape index (κ3) is 6.90. The summed E-state index contributed by atoms with van der Waals surface area (Å²) in [5.74, 6) is -4.32. The molecule has 3 heterocycles. The standard InChI is InChI=1S/C31H43N5O9Si/c1-6-46(7-2,8-3)45-19(5)25-26-18(4)23(17-34-14-13-21(16-34)28(38)33-15-24(32)37)27(35(26)29(25)39)31(41)44-30(40)20-9-11-22(12-10-20)36(42)43/h9-12,18-19,21,25-26H,6-8,13-17H2,1-5H3,(H2,32,37)(H,33,38)/t18-,19+,21-,25?,26+/m0/s1. The lowest BCUT2D eigenvalue weighted by molar-refractivity contribution is -0.384. The van der Waals surface area contributed by atoms with Crippen molar-refractivity contribution in [3.05, 3.63) is 51.2 Å². The van der Waals surface area contributed by atoms with Crippen LogP contribution in [-0.2, 0) is 28.3 Å². The third-order valence-corrected chi connectivity index (χ3v) is 14.6. The topological polar surface area (TPSA) is 191 Å². The van der Waals surface area contributed by atoms with Crippen LogP contribution in [0.2, 0.25) is 18.1 Å². The molecule has 46 heavy (non-hydrogen) atoms. The normalized spacial score (nSPS) is 23.5. The van der Waals surface area contributed by atoms with Crippen molar-refractivity contribution in [3.8, 4) is 0 Å². The van der Waals surface area contributed by atoms with Crippen molar-refractivity contribution in [3.63, 3.8) is 0 Å². The van der Waals surface area contributed by atoms with Crippen LogP contribution < -0.4 is 11.1 Å². The van der Waals surface area contributed by atoms with E-state index in [0.717, 1.165) is 30.3 Å². The van der Waals surface area contributed by atoms with Gasteiger partial charge in [-0.05, 0) is 55.7 Å². The molecule has 15 heteroatoms. The van der Waals surface area contributed by atoms with Crippen LogP contribution in [0.3, 0.4) is 0 Å². The van der Waals surface area contributed by atoms with Crippen molar-refractivity contribution in [2.45, 2.75) is 71.3 Å². The summed E-state index contributed by atoms with van der Waals surface area (Å²) in [6.45, 7) is 11.1. The van der Waals surface area contributed by atoms with Crippen molar-refractivity contribution in [2.24, 2.45) is 23.5 Å². The number of ether oxygens (including phenoxy) is 1. The molecule has 1 aromatic carbocycles. The smallest absolute Gasteiger partial charge is 0.362 e. The number of likely N-dealkylation sites (tertiary alicyclic amines) is 1. The molecule has 1 unspecified atom stereocenters. The number of nitrogens with one attached hydrogen (secondary N) is 1. The molecule has 0 bridgehead atoms. The van der Waals surface area contributed by atoms with E-state index in [-0.39, 0.29) is 65.8 Å². The highest BCUT2D eigenvalue weighted by Crippen LogP contribution is 2.49. The van der Waals surface area contributed by atoms with Crippen LogP contribution >= 0.6 is 0 Å². The van der Waals surface area contributed by atoms with Crippen LogP contribution in [0.5, 0.6) is 0 Å². The van der Waals surface area contributed by atoms with E-state index in [2.05, 4.69) is 26.1 Å². The fourth-order valence-corrected chi connectivity index (χ4v) is 9.89. The number of hydrogen-bond acceptors (Lipinski definition) is 10. The molecule has 4 rings (SSSR count). The molecule has 250 valence electrons. The fraction of sp³-hybridized carbons (Fsp3) is 0.581. The minimum atomic E-state index is -2.05. The summed E-state index contributed by atoms with van der Waals surface area (Å²) in [7, 11) is -2.05. The highest BCUT2D eigenvalue weighted by atomic mass is 28.4. The number of amides is 3. The number of carbonyl (C=O) groups excluding carboxylic acids is 5. The van der Waals surface area contributed by atoms with Gasteiger partial charge in [-0.15, -0.1) is 0 Å². The van der Waals surface area contributed by atoms with E-state index in [4.69, 9.17) is 14.9 Å². The number of nitro groups is 1. The fourth-order valence-electron chi connectivity index (χ4n) is 6.96. The average molecular weight is 658 g/mol. The number of β-lactam (4-membered cyclic amide) rings is 1. The molecule has 0 saturated carbocycles. The quantitative estimate of drug-likeness (QED) is 0.0750. The summed E-state index contributed by atoms with van der Waals surface area (Å²) in [5, 5.41) is 13.5. The summed E-state index contributed by atoms with van der Waals surface area (Å²) < 4.78 is 11.9. The highest BCUT2D eigenvalue weighted by molar-refractivity contribution is 6.73. The SMILES string of the molecule is CC[Si](CC)(CC)O[C@H](C)C1C(=O)N2C(C(=O)OC(=O)c3ccc([N+](=O)[O-])cc3)=C(CN3CC[C@H](C(=O)NCC(N)=O)C3)[C@H](C)[C@H]12. The number of benzene rings is 1. The van der Waals surface area contributed by atoms with Crippen LogP contribution in [-0.4, -0.2) is 91.0 Å². The lowest BCUT2D eigenvalue weighted by Crippen LogP contribution is -2.65. The first-order valence-electron chi connectivity index (χ1n) is 15.8. The Bertz CT molecular complexity index is 1420. The van der Waals surface area contributed by atoms with Gasteiger partial charge in [0.2, 0.25) is 17.7 Å². The van der Waals surface area contributed by atoms with E-state index in [1.54, 1.807) is 0 Å². The largest absolute Gasteiger partial charge is 0.413 e. The summed E-state index contributed by atoms with van der Waals surface area (Å²) in [6.07, 6.45) is 0.161. The second-order valence-electron chi connectivity index (χ2n) is 12.3. The minimum absolute atomic E-state index is 0.00724. The van der Waals surface area contributed by atoms with Crippen molar-refractivity contribution in [1.29, 1.82) is 0 Å². The van der Waals surface area contributed by atoms with Gasteiger partial charge < -0.3 is 25.1 Å². The number of nitro benzene ring substituents is 1. The van der Waals surface area contributed by atoms with Crippen LogP contribution in [0.15, 0.2) is 35.5 Å². The maximum Gasteiger partial charge on any atom is 0.362 e. The Morgan fingerprint density at radius 2 is 1.74 bits per heavy atom. The monoisotopic (exact) mass is 657 g/mol. The van der Waals surface area contributed by atoms with Crippen LogP contribution in [0, 0.1) is 27.9 Å². The Morgan fingerprint density at radius 1 is 1.11 bits per heavy atom. The highest BCUT2D eigenvalue weighted by Gasteiger charge is 2.61. The van der Waals surface area contributed by atoms with Crippen LogP contribution in [0.4, 0.5) is 5.69 Å². The number of primary amides is 1. The molecule has 2 fully saturated rings. The van der Waals surface area contributed by atoms with Gasteiger partial charge in [0.1, 0.15) is 5.70 Å². The van der Waals surface area contributed by atoms with Gasteiger partial charge in [0.25, 0.3) is 5.69 Å². The summed E-state index contributed by atoms with van der Waals surface area (Å²) in [6, 6.07) is 7.07. The maximum absolute atomic E-state index is 13.8. The molecule has 3 amide bonds. The van der Waals surface area contributed by atoms with Gasteiger partial charge in [0.05, 0.1) is 41.0 Å². The minimum Gasteiger partial charge on any atom is -0.413 e. The van der Waals surface area contributed by atoms with Crippen molar-refractivity contribution < 1.29 is 38.1 Å². The van der Waals surface area contributed by atoms with E-state index < -0.39 is 37.0 Å². The van der Waals surface area contributed by atoms with E-state index >= 15 is 0 Å². The van der Waals surface area contributed by atoms with E-state index in [1.165, 1.54) is 17.0 Å². The van der Waals surface area contributed by atoms with Crippen LogP contribution in [0.1, 0.15) is 51.4 Å². The zero-order chi connectivity index (χ0) is 33.9. The predicted molar refractivity (Wildman–Crippen MR) is 168 cm³/mol. The number of rotatable bonds is 14. The molecule has 0 radical (unpaired) electrons. The molecule has 1 aromatic rings. The molecular formula is C31H43N5O9Si. The second-order valence-corrected chi connectivity index (χ2v) is 17.1. The number of nitrogens with zero attached hydrogens (tertiary/aromatic N) is 3. The zero-order valence-electron chi connectivity index (χ0n) is 26.9. The predicted octanol–water partition coefficient (Wildman–Crippen LogP) is 2.34. The molecular weight excluding hydrogens is 614 g/mol. The molecule has 2 saturated heterocycles. The van der Waals surface area contributed by atoms with Crippen LogP contribution in [0.25, 0.3) is 0 Å². The molecule has 3 aliphatic rings.